The van der Waals surface area contributed by atoms with Gasteiger partial charge in [-0.3, -0.25) is 14.6 Å². The monoisotopic (exact) mass is 853 g/mol. The Morgan fingerprint density at radius 3 is 2.33 bits per heavy atom. The lowest BCUT2D eigenvalue weighted by Gasteiger charge is -2.24. The smallest absolute Gasteiger partial charge is 0.451 e. The Balaban J connectivity index is 1.10. The number of anilines is 2. The van der Waals surface area contributed by atoms with Crippen LogP contribution >= 0.6 is 11.3 Å². The SMILES string of the molecule is CCC(=O)N[C@H]1C[C@@H](n2cnc3c(NCC(c4ccccc4)c4ccccc4)nc(N4CC[C@@H](NC(=O)c5ccc(-c6ccccn6)s5)C4)nc32)[C@H](O)[C@@H]1OC(=O)C(F)(F)F. The molecule has 2 aromatic carbocycles. The van der Waals surface area contributed by atoms with E-state index in [-0.39, 0.29) is 36.4 Å². The predicted octanol–water partition coefficient (Wildman–Crippen LogP) is 5.88. The third-order valence-electron chi connectivity index (χ3n) is 11.0. The quantitative estimate of drug-likeness (QED) is 0.102. The molecule has 4 N–H and O–H groups in total. The Hall–Kier alpha value is -6.40. The van der Waals surface area contributed by atoms with E-state index in [2.05, 4.69) is 25.9 Å². The van der Waals surface area contributed by atoms with Gasteiger partial charge in [-0.2, -0.15) is 23.1 Å². The highest BCUT2D eigenvalue weighted by Crippen LogP contribution is 2.38. The molecular weight excluding hydrogens is 812 g/mol. The molecule has 1 saturated carbocycles. The molecule has 1 aliphatic carbocycles. The number of imidazole rings is 1. The fourth-order valence-electron chi connectivity index (χ4n) is 7.89. The van der Waals surface area contributed by atoms with Gasteiger partial charge < -0.3 is 35.3 Å². The van der Waals surface area contributed by atoms with Crippen molar-refractivity contribution in [1.82, 2.24) is 35.1 Å². The molecule has 5 heterocycles. The van der Waals surface area contributed by atoms with Gasteiger partial charge in [-0.05, 0) is 48.2 Å². The number of rotatable bonds is 13. The van der Waals surface area contributed by atoms with Crippen molar-refractivity contribution in [2.45, 2.75) is 68.6 Å². The van der Waals surface area contributed by atoms with Crippen molar-refractivity contribution in [2.75, 3.05) is 29.9 Å². The van der Waals surface area contributed by atoms with Crippen LogP contribution in [0.1, 0.15) is 58.9 Å². The molecule has 1 aliphatic heterocycles. The molecule has 1 saturated heterocycles. The minimum atomic E-state index is -5.32. The van der Waals surface area contributed by atoms with Gasteiger partial charge in [0.1, 0.15) is 6.10 Å². The van der Waals surface area contributed by atoms with Crippen LogP contribution in [0, 0.1) is 0 Å². The van der Waals surface area contributed by atoms with E-state index in [1.165, 1.54) is 22.2 Å². The first-order valence-corrected chi connectivity index (χ1v) is 20.7. The second-order valence-electron chi connectivity index (χ2n) is 14.9. The van der Waals surface area contributed by atoms with Crippen LogP contribution in [-0.2, 0) is 14.3 Å². The van der Waals surface area contributed by atoms with Crippen molar-refractivity contribution >= 4 is 52.1 Å². The maximum absolute atomic E-state index is 13.4. The molecule has 316 valence electrons. The number of aliphatic hydroxyl groups is 1. The summed E-state index contributed by atoms with van der Waals surface area (Å²) in [5.41, 5.74) is 3.47. The van der Waals surface area contributed by atoms with Crippen LogP contribution in [0.3, 0.4) is 0 Å². The van der Waals surface area contributed by atoms with Crippen molar-refractivity contribution in [1.29, 1.82) is 0 Å². The lowest BCUT2D eigenvalue weighted by atomic mass is 9.91. The number of alkyl halides is 3. The van der Waals surface area contributed by atoms with Gasteiger partial charge in [-0.15, -0.1) is 11.3 Å². The maximum atomic E-state index is 13.4. The van der Waals surface area contributed by atoms with Crippen molar-refractivity contribution in [3.8, 4) is 10.6 Å². The van der Waals surface area contributed by atoms with Crippen LogP contribution in [0.5, 0.6) is 0 Å². The number of hydrogen-bond donors (Lipinski definition) is 4. The molecule has 6 aromatic rings. The number of thiophene rings is 1. The van der Waals surface area contributed by atoms with Crippen LogP contribution in [0.2, 0.25) is 0 Å². The molecule has 2 aliphatic rings. The van der Waals surface area contributed by atoms with Crippen LogP contribution in [-0.4, -0.2) is 97.5 Å². The van der Waals surface area contributed by atoms with E-state index in [4.69, 9.17) is 14.7 Å². The van der Waals surface area contributed by atoms with E-state index in [1.54, 1.807) is 19.2 Å². The first-order chi connectivity index (χ1) is 29.5. The first kappa shape index (κ1) is 41.3. The molecular formula is C43H42F3N9O5S. The van der Waals surface area contributed by atoms with Crippen LogP contribution in [0.15, 0.2) is 104 Å². The number of hydrogen-bond acceptors (Lipinski definition) is 12. The maximum Gasteiger partial charge on any atom is 0.490 e. The predicted molar refractivity (Wildman–Crippen MR) is 222 cm³/mol. The van der Waals surface area contributed by atoms with Gasteiger partial charge in [0.2, 0.25) is 11.9 Å². The highest BCUT2D eigenvalue weighted by molar-refractivity contribution is 7.17. The number of esters is 1. The molecule has 0 radical (unpaired) electrons. The summed E-state index contributed by atoms with van der Waals surface area (Å²) in [5, 5.41) is 20.8. The molecule has 0 unspecified atom stereocenters. The molecule has 0 spiro atoms. The highest BCUT2D eigenvalue weighted by atomic mass is 32.1. The van der Waals surface area contributed by atoms with E-state index in [0.29, 0.717) is 48.2 Å². The molecule has 8 rings (SSSR count). The summed E-state index contributed by atoms with van der Waals surface area (Å²) in [7, 11) is 0. The lowest BCUT2D eigenvalue weighted by molar-refractivity contribution is -0.209. The number of nitrogens with one attached hydrogen (secondary N) is 3. The number of pyridine rings is 1. The number of nitrogens with zero attached hydrogens (tertiary/aromatic N) is 6. The Bertz CT molecular complexity index is 2450. The number of fused-ring (bicyclic) bond motifs is 1. The summed E-state index contributed by atoms with van der Waals surface area (Å²) in [5.74, 6) is -2.64. The molecule has 14 nitrogen and oxygen atoms in total. The summed E-state index contributed by atoms with van der Waals surface area (Å²) in [6, 6.07) is 26.8. The normalized spacial score (nSPS) is 20.2. The summed E-state index contributed by atoms with van der Waals surface area (Å²) < 4.78 is 46.5. The average Bonchev–Trinajstić information content (AvgIpc) is 4.09. The number of aromatic nitrogens is 5. The van der Waals surface area contributed by atoms with Gasteiger partial charge in [0.25, 0.3) is 5.91 Å². The number of amides is 2. The lowest BCUT2D eigenvalue weighted by Crippen LogP contribution is -2.47. The average molecular weight is 854 g/mol. The number of carbonyl (C=O) groups is 3. The third kappa shape index (κ3) is 9.05. The zero-order chi connectivity index (χ0) is 42.7. The van der Waals surface area contributed by atoms with Gasteiger partial charge >= 0.3 is 12.1 Å². The zero-order valence-electron chi connectivity index (χ0n) is 32.8. The summed E-state index contributed by atoms with van der Waals surface area (Å²) in [6.45, 7) is 2.81. The largest absolute Gasteiger partial charge is 0.490 e. The van der Waals surface area contributed by atoms with Crippen molar-refractivity contribution < 1.29 is 37.4 Å². The molecule has 2 fully saturated rings. The van der Waals surface area contributed by atoms with Crippen molar-refractivity contribution in [3.05, 3.63) is 120 Å². The number of benzene rings is 2. The molecule has 61 heavy (non-hydrogen) atoms. The second kappa shape index (κ2) is 17.7. The van der Waals surface area contributed by atoms with E-state index in [0.717, 1.165) is 21.7 Å². The highest BCUT2D eigenvalue weighted by Gasteiger charge is 2.51. The third-order valence-corrected chi connectivity index (χ3v) is 12.1. The summed E-state index contributed by atoms with van der Waals surface area (Å²) in [4.78, 5) is 60.1. The van der Waals surface area contributed by atoms with E-state index < -0.39 is 42.3 Å². The summed E-state index contributed by atoms with van der Waals surface area (Å²) in [6.07, 6.45) is -5.09. The van der Waals surface area contributed by atoms with E-state index >= 15 is 0 Å². The second-order valence-corrected chi connectivity index (χ2v) is 16.0. The first-order valence-electron chi connectivity index (χ1n) is 19.9. The minimum absolute atomic E-state index is 0.0145. The number of ether oxygens (including phenoxy) is 1. The van der Waals surface area contributed by atoms with E-state index in [1.807, 2.05) is 89.8 Å². The van der Waals surface area contributed by atoms with Crippen LogP contribution < -0.4 is 20.9 Å². The van der Waals surface area contributed by atoms with Gasteiger partial charge in [-0.25, -0.2) is 9.78 Å². The van der Waals surface area contributed by atoms with Crippen LogP contribution in [0.25, 0.3) is 21.7 Å². The number of carbonyl (C=O) groups excluding carboxylic acids is 3. The molecule has 2 amide bonds. The van der Waals surface area contributed by atoms with Gasteiger partial charge in [0.15, 0.2) is 23.1 Å². The Morgan fingerprint density at radius 1 is 0.934 bits per heavy atom. The van der Waals surface area contributed by atoms with Crippen molar-refractivity contribution in [2.24, 2.45) is 0 Å². The topological polar surface area (TPSA) is 176 Å². The van der Waals surface area contributed by atoms with Gasteiger partial charge in [-0.1, -0.05) is 73.7 Å². The van der Waals surface area contributed by atoms with Gasteiger partial charge in [0.05, 0.1) is 33.9 Å². The molecule has 0 bridgehead atoms. The molecule has 4 aromatic heterocycles. The number of aliphatic hydroxyl groups excluding tert-OH is 1. The Morgan fingerprint density at radius 2 is 1.66 bits per heavy atom. The van der Waals surface area contributed by atoms with Gasteiger partial charge in [0, 0.05) is 44.2 Å². The summed E-state index contributed by atoms with van der Waals surface area (Å²) >= 11 is 1.35. The standard InChI is InChI=1S/C43H42F3N9O5S/c1-2-34(56)51-30-21-31(36(57)37(30)60-41(59)43(44,45)46)55-24-49-35-38(48-22-28(25-11-5-3-6-12-25)26-13-7-4-8-14-26)52-42(53-39(35)55)54-20-18-27(23-54)50-40(58)33-17-16-32(61-33)29-15-9-10-19-47-29/h3-17,19,24,27-28,30-31,36-37,57H,2,18,20-23H2,1H3,(H,50,58)(H,51,56)(H,48,52,53)/t27-,30+,31-,36+,37-/m1/s1. The fourth-order valence-corrected chi connectivity index (χ4v) is 8.78. The molecule has 18 heteroatoms. The number of halogens is 3. The minimum Gasteiger partial charge on any atom is -0.451 e. The van der Waals surface area contributed by atoms with Crippen molar-refractivity contribution in [3.63, 3.8) is 0 Å². The van der Waals surface area contributed by atoms with Crippen LogP contribution in [0.4, 0.5) is 24.9 Å². The van der Waals surface area contributed by atoms with E-state index in [9.17, 15) is 32.7 Å². The fraction of sp³-hybridized carbons (Fsp3) is 0.326. The zero-order valence-corrected chi connectivity index (χ0v) is 33.6. The molecule has 5 atom stereocenters. The Labute approximate surface area is 352 Å². The Kier molecular flexibility index (Phi) is 12.0.